The maximum atomic E-state index is 12.0. The molecule has 0 bridgehead atoms. The van der Waals surface area contributed by atoms with E-state index < -0.39 is 16.0 Å². The monoisotopic (exact) mass is 289 g/mol. The second kappa shape index (κ2) is 4.87. The molecule has 1 N–H and O–H groups in total. The van der Waals surface area contributed by atoms with Crippen molar-refractivity contribution in [3.8, 4) is 0 Å². The zero-order valence-electron chi connectivity index (χ0n) is 9.64. The third kappa shape index (κ3) is 2.82. The van der Waals surface area contributed by atoms with Gasteiger partial charge in [0.25, 0.3) is 0 Å². The highest BCUT2D eigenvalue weighted by atomic mass is 35.5. The minimum Gasteiger partial charge on any atom is -0.465 e. The van der Waals surface area contributed by atoms with Crippen LogP contribution < -0.4 is 4.72 Å². The summed E-state index contributed by atoms with van der Waals surface area (Å²) in [6.45, 7) is 0. The van der Waals surface area contributed by atoms with E-state index in [0.717, 1.165) is 12.8 Å². The van der Waals surface area contributed by atoms with Crippen molar-refractivity contribution in [3.63, 3.8) is 0 Å². The van der Waals surface area contributed by atoms with Gasteiger partial charge in [-0.2, -0.15) is 0 Å². The van der Waals surface area contributed by atoms with Crippen LogP contribution in [0.5, 0.6) is 0 Å². The molecule has 1 aliphatic rings. The molecule has 5 nitrogen and oxygen atoms in total. The Hall–Kier alpha value is -1.11. The van der Waals surface area contributed by atoms with Crippen molar-refractivity contribution in [2.24, 2.45) is 0 Å². The molecule has 0 atom stereocenters. The number of rotatable bonds is 4. The van der Waals surface area contributed by atoms with Crippen molar-refractivity contribution in [3.05, 3.63) is 28.8 Å². The number of nitrogens with one attached hydrogen (secondary N) is 1. The molecule has 1 fully saturated rings. The molecule has 2 rings (SSSR count). The summed E-state index contributed by atoms with van der Waals surface area (Å²) in [6, 6.07) is 3.96. The highest BCUT2D eigenvalue weighted by Crippen LogP contribution is 2.25. The van der Waals surface area contributed by atoms with Crippen molar-refractivity contribution in [2.45, 2.75) is 23.8 Å². The molecule has 1 aromatic carbocycles. The van der Waals surface area contributed by atoms with Gasteiger partial charge in [0.05, 0.1) is 22.6 Å². The van der Waals surface area contributed by atoms with Gasteiger partial charge in [0, 0.05) is 6.04 Å². The summed E-state index contributed by atoms with van der Waals surface area (Å²) >= 11 is 5.82. The van der Waals surface area contributed by atoms with Crippen LogP contribution in [0.4, 0.5) is 0 Å². The smallest absolute Gasteiger partial charge is 0.339 e. The van der Waals surface area contributed by atoms with Crippen LogP contribution in [0.25, 0.3) is 0 Å². The molecule has 1 aliphatic carbocycles. The molecule has 0 aromatic heterocycles. The van der Waals surface area contributed by atoms with Crippen molar-refractivity contribution >= 4 is 27.6 Å². The Morgan fingerprint density at radius 1 is 1.44 bits per heavy atom. The largest absolute Gasteiger partial charge is 0.465 e. The van der Waals surface area contributed by atoms with Crippen LogP contribution >= 0.6 is 11.6 Å². The summed E-state index contributed by atoms with van der Waals surface area (Å²) in [5.74, 6) is -0.663. The Labute approximate surface area is 110 Å². The average Bonchev–Trinajstić information content (AvgIpc) is 3.11. The molecule has 0 unspecified atom stereocenters. The molecule has 0 aliphatic heterocycles. The summed E-state index contributed by atoms with van der Waals surface area (Å²) in [4.78, 5) is 11.4. The molecule has 18 heavy (non-hydrogen) atoms. The zero-order chi connectivity index (χ0) is 13.3. The first-order valence-electron chi connectivity index (χ1n) is 5.34. The number of benzene rings is 1. The predicted molar refractivity (Wildman–Crippen MR) is 66.1 cm³/mol. The average molecular weight is 290 g/mol. The third-order valence-electron chi connectivity index (χ3n) is 2.55. The van der Waals surface area contributed by atoms with Crippen molar-refractivity contribution in [1.82, 2.24) is 4.72 Å². The first-order valence-corrected chi connectivity index (χ1v) is 7.20. The van der Waals surface area contributed by atoms with E-state index in [2.05, 4.69) is 9.46 Å². The predicted octanol–water partition coefficient (Wildman–Crippen LogP) is 1.57. The lowest BCUT2D eigenvalue weighted by Crippen LogP contribution is -2.26. The number of hydrogen-bond donors (Lipinski definition) is 1. The Balaban J connectivity index is 2.36. The molecular formula is C11H12ClNO4S. The first-order chi connectivity index (χ1) is 8.44. The van der Waals surface area contributed by atoms with Gasteiger partial charge in [0.2, 0.25) is 10.0 Å². The van der Waals surface area contributed by atoms with Crippen molar-refractivity contribution < 1.29 is 17.9 Å². The molecule has 98 valence electrons. The molecule has 0 amide bonds. The van der Waals surface area contributed by atoms with Crippen LogP contribution in [0.3, 0.4) is 0 Å². The summed E-state index contributed by atoms with van der Waals surface area (Å²) in [5.41, 5.74) is 0.0397. The van der Waals surface area contributed by atoms with Gasteiger partial charge in [-0.3, -0.25) is 0 Å². The summed E-state index contributed by atoms with van der Waals surface area (Å²) in [6.07, 6.45) is 1.69. The van der Waals surface area contributed by atoms with Gasteiger partial charge < -0.3 is 4.74 Å². The number of halogens is 1. The topological polar surface area (TPSA) is 72.5 Å². The van der Waals surface area contributed by atoms with E-state index in [-0.39, 0.29) is 21.5 Å². The molecule has 1 saturated carbocycles. The van der Waals surface area contributed by atoms with Crippen molar-refractivity contribution in [1.29, 1.82) is 0 Å². The van der Waals surface area contributed by atoms with E-state index in [9.17, 15) is 13.2 Å². The van der Waals surface area contributed by atoms with Crippen LogP contribution in [0.1, 0.15) is 23.2 Å². The summed E-state index contributed by atoms with van der Waals surface area (Å²) in [7, 11) is -2.38. The minimum atomic E-state index is -3.59. The van der Waals surface area contributed by atoms with E-state index in [1.165, 1.54) is 25.3 Å². The van der Waals surface area contributed by atoms with Gasteiger partial charge in [-0.15, -0.1) is 0 Å². The molecule has 0 saturated heterocycles. The molecule has 7 heteroatoms. The molecular weight excluding hydrogens is 278 g/mol. The maximum Gasteiger partial charge on any atom is 0.339 e. The van der Waals surface area contributed by atoms with Gasteiger partial charge in [-0.25, -0.2) is 17.9 Å². The number of hydrogen-bond acceptors (Lipinski definition) is 4. The summed E-state index contributed by atoms with van der Waals surface area (Å²) < 4.78 is 31.0. The molecule has 0 spiro atoms. The van der Waals surface area contributed by atoms with Gasteiger partial charge in [-0.05, 0) is 31.0 Å². The lowest BCUT2D eigenvalue weighted by atomic mass is 10.2. The fourth-order valence-corrected chi connectivity index (χ4v) is 2.95. The van der Waals surface area contributed by atoms with Gasteiger partial charge in [-0.1, -0.05) is 11.6 Å². The Morgan fingerprint density at radius 2 is 2.11 bits per heavy atom. The second-order valence-electron chi connectivity index (χ2n) is 4.03. The SMILES string of the molecule is COC(=O)c1cc(S(=O)(=O)NC2CC2)ccc1Cl. The third-order valence-corrected chi connectivity index (χ3v) is 4.40. The maximum absolute atomic E-state index is 12.0. The van der Waals surface area contributed by atoms with Crippen LogP contribution in [-0.4, -0.2) is 27.5 Å². The number of esters is 1. The van der Waals surface area contributed by atoms with E-state index in [1.807, 2.05) is 0 Å². The Kier molecular flexibility index (Phi) is 3.61. The number of methoxy groups -OCH3 is 1. The first kappa shape index (κ1) is 13.3. The highest BCUT2D eigenvalue weighted by molar-refractivity contribution is 7.89. The van der Waals surface area contributed by atoms with E-state index >= 15 is 0 Å². The normalized spacial score (nSPS) is 15.4. The van der Waals surface area contributed by atoms with E-state index in [0.29, 0.717) is 0 Å². The van der Waals surface area contributed by atoms with Crippen LogP contribution in [0, 0.1) is 0 Å². The van der Waals surface area contributed by atoms with Crippen LogP contribution in [-0.2, 0) is 14.8 Å². The van der Waals surface area contributed by atoms with Crippen LogP contribution in [0.2, 0.25) is 5.02 Å². The quantitative estimate of drug-likeness (QED) is 0.854. The number of ether oxygens (including phenoxy) is 1. The standard InChI is InChI=1S/C11H12ClNO4S/c1-17-11(14)9-6-8(4-5-10(9)12)18(15,16)13-7-2-3-7/h4-7,13H,2-3H2,1H3. The highest BCUT2D eigenvalue weighted by Gasteiger charge is 2.28. The number of carbonyl (C=O) groups excluding carboxylic acids is 1. The zero-order valence-corrected chi connectivity index (χ0v) is 11.2. The molecule has 0 heterocycles. The van der Waals surface area contributed by atoms with Gasteiger partial charge >= 0.3 is 5.97 Å². The molecule has 1 aromatic rings. The molecule has 0 radical (unpaired) electrons. The minimum absolute atomic E-state index is 0.00672. The van der Waals surface area contributed by atoms with Crippen molar-refractivity contribution in [2.75, 3.05) is 7.11 Å². The number of sulfonamides is 1. The Morgan fingerprint density at radius 3 is 2.67 bits per heavy atom. The fourth-order valence-electron chi connectivity index (χ4n) is 1.43. The number of carbonyl (C=O) groups is 1. The lowest BCUT2D eigenvalue weighted by molar-refractivity contribution is 0.0600. The van der Waals surface area contributed by atoms with E-state index in [4.69, 9.17) is 11.6 Å². The Bertz CT molecular complexity index is 581. The summed E-state index contributed by atoms with van der Waals surface area (Å²) in [5, 5.41) is 0.159. The van der Waals surface area contributed by atoms with Crippen LogP contribution in [0.15, 0.2) is 23.1 Å². The fraction of sp³-hybridized carbons (Fsp3) is 0.364. The second-order valence-corrected chi connectivity index (χ2v) is 6.15. The van der Waals surface area contributed by atoms with Gasteiger partial charge in [0.15, 0.2) is 0 Å². The lowest BCUT2D eigenvalue weighted by Gasteiger charge is -2.08. The van der Waals surface area contributed by atoms with Gasteiger partial charge in [0.1, 0.15) is 0 Å². The van der Waals surface area contributed by atoms with E-state index in [1.54, 1.807) is 0 Å².